The van der Waals surface area contributed by atoms with E-state index in [9.17, 15) is 0 Å². The predicted molar refractivity (Wildman–Crippen MR) is 277 cm³/mol. The number of rotatable bonds is 8. The van der Waals surface area contributed by atoms with Crippen LogP contribution in [0.5, 0.6) is 0 Å². The number of anilines is 6. The first kappa shape index (κ1) is 38.5. The van der Waals surface area contributed by atoms with Gasteiger partial charge in [0, 0.05) is 38.9 Å². The van der Waals surface area contributed by atoms with Crippen LogP contribution in [0, 0.1) is 0 Å². The third-order valence-corrected chi connectivity index (χ3v) is 13.6. The van der Waals surface area contributed by atoms with Crippen molar-refractivity contribution in [3.05, 3.63) is 254 Å². The van der Waals surface area contributed by atoms with E-state index in [0.29, 0.717) is 0 Å². The summed E-state index contributed by atoms with van der Waals surface area (Å²) in [5, 5.41) is 7.46. The molecule has 308 valence electrons. The lowest BCUT2D eigenvalue weighted by atomic mass is 9.80. The van der Waals surface area contributed by atoms with Gasteiger partial charge in [0.15, 0.2) is 0 Å². The van der Waals surface area contributed by atoms with Crippen molar-refractivity contribution in [3.63, 3.8) is 0 Å². The third-order valence-electron chi connectivity index (χ3n) is 13.6. The third kappa shape index (κ3) is 6.49. The smallest absolute Gasteiger partial charge is 0.0540 e. The number of nitrogens with zero attached hydrogens (tertiary/aromatic N) is 2. The molecule has 2 nitrogen and oxygen atoms in total. The topological polar surface area (TPSA) is 6.48 Å². The molecule has 0 saturated carbocycles. The lowest BCUT2D eigenvalue weighted by Crippen LogP contribution is -2.15. The van der Waals surface area contributed by atoms with Crippen LogP contribution in [0.15, 0.2) is 243 Å². The fourth-order valence-corrected chi connectivity index (χ4v) is 10.4. The Hall–Kier alpha value is -8.20. The molecule has 12 rings (SSSR count). The molecule has 0 radical (unpaired) electrons. The summed E-state index contributed by atoms with van der Waals surface area (Å²) in [5.74, 6) is 0. The summed E-state index contributed by atoms with van der Waals surface area (Å²) in [5.41, 5.74) is 16.9. The summed E-state index contributed by atoms with van der Waals surface area (Å²) in [4.78, 5) is 4.75. The lowest BCUT2D eigenvalue weighted by Gasteiger charge is -2.27. The van der Waals surface area contributed by atoms with Crippen molar-refractivity contribution in [3.8, 4) is 33.4 Å². The van der Waals surface area contributed by atoms with Crippen molar-refractivity contribution in [1.29, 1.82) is 0 Å². The number of para-hydroxylation sites is 2. The molecule has 0 fully saturated rings. The van der Waals surface area contributed by atoms with Gasteiger partial charge in [-0.05, 0) is 139 Å². The summed E-state index contributed by atoms with van der Waals surface area (Å²) in [6, 6.07) is 88.7. The van der Waals surface area contributed by atoms with E-state index in [1.165, 1.54) is 76.8 Å². The molecule has 0 N–H and O–H groups in total. The Kier molecular flexibility index (Phi) is 9.21. The fraction of sp³-hybridized carbons (Fsp3) is 0.0476. The Balaban J connectivity index is 0.912. The van der Waals surface area contributed by atoms with Crippen LogP contribution in [0.25, 0.3) is 65.7 Å². The average molecular weight is 831 g/mol. The second kappa shape index (κ2) is 15.6. The second-order valence-electron chi connectivity index (χ2n) is 17.7. The van der Waals surface area contributed by atoms with Crippen LogP contribution in [-0.2, 0) is 5.41 Å². The van der Waals surface area contributed by atoms with Gasteiger partial charge in [0.25, 0.3) is 0 Å². The van der Waals surface area contributed by atoms with E-state index in [2.05, 4.69) is 266 Å². The van der Waals surface area contributed by atoms with E-state index in [1.807, 2.05) is 0 Å². The first-order valence-electron chi connectivity index (χ1n) is 22.6. The predicted octanol–water partition coefficient (Wildman–Crippen LogP) is 17.7. The highest BCUT2D eigenvalue weighted by Gasteiger charge is 2.37. The van der Waals surface area contributed by atoms with Crippen LogP contribution in [0.3, 0.4) is 0 Å². The van der Waals surface area contributed by atoms with Crippen molar-refractivity contribution < 1.29 is 0 Å². The maximum Gasteiger partial charge on any atom is 0.0540 e. The van der Waals surface area contributed by atoms with Gasteiger partial charge in [0.1, 0.15) is 0 Å². The van der Waals surface area contributed by atoms with Gasteiger partial charge in [0.2, 0.25) is 0 Å². The van der Waals surface area contributed by atoms with Crippen LogP contribution in [0.4, 0.5) is 34.1 Å². The van der Waals surface area contributed by atoms with Crippen LogP contribution in [0.2, 0.25) is 0 Å². The summed E-state index contributed by atoms with van der Waals surface area (Å²) in [6.45, 7) is 4.80. The minimum Gasteiger partial charge on any atom is -0.310 e. The molecule has 11 aromatic rings. The molecule has 0 atom stereocenters. The van der Waals surface area contributed by atoms with Crippen LogP contribution >= 0.6 is 0 Å². The maximum absolute atomic E-state index is 2.48. The zero-order chi connectivity index (χ0) is 43.5. The molecule has 2 heteroatoms. The number of hydrogen-bond donors (Lipinski definition) is 0. The van der Waals surface area contributed by atoms with Gasteiger partial charge in [-0.2, -0.15) is 0 Å². The standard InChI is InChI=1S/C63H46N2/c1-63(2)58-41-47(43-31-36-50(37-32-43)64(48-21-5-3-6-22-48)60-29-15-19-44-17-9-11-25-52(44)60)35-40-56(58)62-55-28-14-13-27-54(55)57(42-59(62)63)46-33-38-51(39-34-46)65(49-23-7-4-8-24-49)61-30-16-20-45-18-10-12-26-53(45)61/h3-42H,1-2H3. The maximum atomic E-state index is 2.48. The van der Waals surface area contributed by atoms with E-state index in [4.69, 9.17) is 0 Å². The summed E-state index contributed by atoms with van der Waals surface area (Å²) in [6.07, 6.45) is 0. The normalized spacial score (nSPS) is 12.6. The molecular formula is C63H46N2. The van der Waals surface area contributed by atoms with Crippen molar-refractivity contribution in [2.24, 2.45) is 0 Å². The SMILES string of the molecule is CC1(C)c2cc(-c3ccc(N(c4ccccc4)c4cccc5ccccc45)cc3)ccc2-c2c1cc(-c1ccc(N(c3ccccc3)c3cccc4ccccc34)cc1)c1ccccc21. The quantitative estimate of drug-likeness (QED) is 0.151. The van der Waals surface area contributed by atoms with E-state index >= 15 is 0 Å². The van der Waals surface area contributed by atoms with Gasteiger partial charge in [0.05, 0.1) is 11.4 Å². The van der Waals surface area contributed by atoms with Gasteiger partial charge in [-0.3, -0.25) is 0 Å². The largest absolute Gasteiger partial charge is 0.310 e. The van der Waals surface area contributed by atoms with Gasteiger partial charge in [-0.1, -0.05) is 184 Å². The van der Waals surface area contributed by atoms with Crippen molar-refractivity contribution in [1.82, 2.24) is 0 Å². The minimum atomic E-state index is -0.212. The Bertz CT molecular complexity index is 3540. The highest BCUT2D eigenvalue weighted by molar-refractivity contribution is 6.09. The fourth-order valence-electron chi connectivity index (χ4n) is 10.4. The molecular weight excluding hydrogens is 785 g/mol. The zero-order valence-electron chi connectivity index (χ0n) is 36.5. The van der Waals surface area contributed by atoms with E-state index < -0.39 is 0 Å². The Morgan fingerprint density at radius 2 is 0.723 bits per heavy atom. The van der Waals surface area contributed by atoms with Gasteiger partial charge in [-0.15, -0.1) is 0 Å². The Morgan fingerprint density at radius 3 is 1.28 bits per heavy atom. The van der Waals surface area contributed by atoms with Crippen LogP contribution in [-0.4, -0.2) is 0 Å². The van der Waals surface area contributed by atoms with Crippen molar-refractivity contribution in [2.45, 2.75) is 19.3 Å². The minimum absolute atomic E-state index is 0.212. The summed E-state index contributed by atoms with van der Waals surface area (Å²) in [7, 11) is 0. The van der Waals surface area contributed by atoms with Crippen molar-refractivity contribution >= 4 is 66.4 Å². The lowest BCUT2D eigenvalue weighted by molar-refractivity contribution is 0.661. The first-order chi connectivity index (χ1) is 32.0. The molecule has 0 aromatic heterocycles. The Morgan fingerprint density at radius 1 is 0.292 bits per heavy atom. The summed E-state index contributed by atoms with van der Waals surface area (Å²) < 4.78 is 0. The molecule has 1 aliphatic rings. The highest BCUT2D eigenvalue weighted by Crippen LogP contribution is 2.54. The van der Waals surface area contributed by atoms with Crippen LogP contribution < -0.4 is 9.80 Å². The zero-order valence-corrected chi connectivity index (χ0v) is 36.5. The molecule has 0 aliphatic heterocycles. The molecule has 65 heavy (non-hydrogen) atoms. The number of fused-ring (bicyclic) bond motifs is 7. The molecule has 0 spiro atoms. The van der Waals surface area contributed by atoms with Gasteiger partial charge in [-0.25, -0.2) is 0 Å². The molecule has 0 heterocycles. The van der Waals surface area contributed by atoms with E-state index in [1.54, 1.807) is 0 Å². The van der Waals surface area contributed by atoms with Crippen LogP contribution in [0.1, 0.15) is 25.0 Å². The summed E-state index contributed by atoms with van der Waals surface area (Å²) >= 11 is 0. The molecule has 0 unspecified atom stereocenters. The number of hydrogen-bond acceptors (Lipinski definition) is 2. The first-order valence-corrected chi connectivity index (χ1v) is 22.6. The Labute approximate surface area is 380 Å². The molecule has 1 aliphatic carbocycles. The molecule has 11 aromatic carbocycles. The average Bonchev–Trinajstić information content (AvgIpc) is 3.60. The highest BCUT2D eigenvalue weighted by atomic mass is 15.1. The molecule has 0 saturated heterocycles. The van der Waals surface area contributed by atoms with E-state index in [-0.39, 0.29) is 5.41 Å². The molecule has 0 amide bonds. The van der Waals surface area contributed by atoms with Gasteiger partial charge < -0.3 is 9.80 Å². The number of benzene rings is 11. The van der Waals surface area contributed by atoms with E-state index in [0.717, 1.165) is 34.1 Å². The monoisotopic (exact) mass is 830 g/mol. The second-order valence-corrected chi connectivity index (χ2v) is 17.7. The van der Waals surface area contributed by atoms with Gasteiger partial charge >= 0.3 is 0 Å². The molecule has 0 bridgehead atoms. The van der Waals surface area contributed by atoms with Crippen molar-refractivity contribution in [2.75, 3.05) is 9.80 Å².